The first-order valence-corrected chi connectivity index (χ1v) is 17.1. The van der Waals surface area contributed by atoms with E-state index in [0.29, 0.717) is 49.7 Å². The van der Waals surface area contributed by atoms with Crippen molar-refractivity contribution in [3.63, 3.8) is 0 Å². The number of rotatable bonds is 25. The Balaban J connectivity index is 2.40. The van der Waals surface area contributed by atoms with Crippen molar-refractivity contribution in [3.8, 4) is 0 Å². The first kappa shape index (κ1) is 41.7. The maximum absolute atomic E-state index is 12.9. The lowest BCUT2D eigenvalue weighted by Gasteiger charge is -2.24. The van der Waals surface area contributed by atoms with Crippen molar-refractivity contribution in [2.45, 2.75) is 59.2 Å². The number of nitrogens with zero attached hydrogens (tertiary/aromatic N) is 3. The SMILES string of the molecule is C/C(=C\CCP(=O)(O)OCc1ccc(NC(=O)[C@H](C)NC(=O)[C@@H](NC(=O)CCOCCOCCOCCN=[N+]=[N-])C(C)C)cc1)CO. The molecule has 0 aliphatic heterocycles. The predicted octanol–water partition coefficient (Wildman–Crippen LogP) is 3.05. The first-order valence-electron chi connectivity index (χ1n) is 15.3. The third-order valence-electron chi connectivity index (χ3n) is 6.44. The smallest absolute Gasteiger partial charge is 0.328 e. The van der Waals surface area contributed by atoms with E-state index < -0.39 is 31.5 Å². The zero-order chi connectivity index (χ0) is 35.1. The number of nitrogens with one attached hydrogen (secondary N) is 3. The van der Waals surface area contributed by atoms with E-state index in [1.165, 1.54) is 6.92 Å². The van der Waals surface area contributed by atoms with Gasteiger partial charge in [-0.3, -0.25) is 18.9 Å². The third kappa shape index (κ3) is 19.8. The van der Waals surface area contributed by atoms with Crippen LogP contribution in [0.3, 0.4) is 0 Å². The molecule has 0 spiro atoms. The number of carbonyl (C=O) groups excluding carboxylic acids is 3. The number of carbonyl (C=O) groups is 3. The Kier molecular flexibility index (Phi) is 21.2. The molecule has 264 valence electrons. The fourth-order valence-corrected chi connectivity index (χ4v) is 4.65. The normalized spacial score (nSPS) is 14.1. The lowest BCUT2D eigenvalue weighted by molar-refractivity contribution is -0.132. The Bertz CT molecular complexity index is 1220. The van der Waals surface area contributed by atoms with Crippen LogP contribution in [0.15, 0.2) is 41.0 Å². The molecule has 3 amide bonds. The van der Waals surface area contributed by atoms with Crippen LogP contribution in [-0.4, -0.2) is 98.8 Å². The molecule has 47 heavy (non-hydrogen) atoms. The molecular formula is C30H49N6O10P. The Labute approximate surface area is 275 Å². The molecule has 0 fully saturated rings. The van der Waals surface area contributed by atoms with Gasteiger partial charge in [0.1, 0.15) is 12.1 Å². The van der Waals surface area contributed by atoms with Gasteiger partial charge >= 0.3 is 7.60 Å². The Morgan fingerprint density at radius 2 is 1.60 bits per heavy atom. The van der Waals surface area contributed by atoms with E-state index in [1.807, 2.05) is 0 Å². The molecule has 0 heterocycles. The van der Waals surface area contributed by atoms with Crippen LogP contribution in [-0.2, 0) is 44.3 Å². The molecule has 1 aromatic rings. The van der Waals surface area contributed by atoms with Crippen LogP contribution in [0.25, 0.3) is 10.4 Å². The molecule has 0 aromatic heterocycles. The number of aliphatic hydroxyl groups excluding tert-OH is 1. The minimum Gasteiger partial charge on any atom is -0.392 e. The van der Waals surface area contributed by atoms with Crippen molar-refractivity contribution in [2.24, 2.45) is 11.0 Å². The van der Waals surface area contributed by atoms with Gasteiger partial charge in [-0.05, 0) is 49.4 Å². The Hall–Kier alpha value is -3.33. The number of hydrogen-bond donors (Lipinski definition) is 5. The van der Waals surface area contributed by atoms with Gasteiger partial charge in [0.25, 0.3) is 0 Å². The summed E-state index contributed by atoms with van der Waals surface area (Å²) in [7, 11) is -3.81. The van der Waals surface area contributed by atoms with E-state index in [4.69, 9.17) is 29.4 Å². The highest BCUT2D eigenvalue weighted by Crippen LogP contribution is 2.43. The minimum atomic E-state index is -3.81. The summed E-state index contributed by atoms with van der Waals surface area (Å²) in [6.07, 6.45) is 1.95. The van der Waals surface area contributed by atoms with Crippen LogP contribution in [0, 0.1) is 5.92 Å². The lowest BCUT2D eigenvalue weighted by atomic mass is 10.0. The number of aliphatic hydroxyl groups is 1. The van der Waals surface area contributed by atoms with Crippen molar-refractivity contribution in [1.82, 2.24) is 10.6 Å². The lowest BCUT2D eigenvalue weighted by Crippen LogP contribution is -2.53. The maximum Gasteiger partial charge on any atom is 0.328 e. The fourth-order valence-electron chi connectivity index (χ4n) is 3.72. The largest absolute Gasteiger partial charge is 0.392 e. The molecule has 1 aromatic carbocycles. The summed E-state index contributed by atoms with van der Waals surface area (Å²) in [5.74, 6) is -1.60. The van der Waals surface area contributed by atoms with E-state index in [-0.39, 0.29) is 57.4 Å². The van der Waals surface area contributed by atoms with Gasteiger partial charge in [-0.25, -0.2) is 0 Å². The van der Waals surface area contributed by atoms with Crippen LogP contribution < -0.4 is 16.0 Å². The molecular weight excluding hydrogens is 635 g/mol. The standard InChI is InChI=1S/C30H49N6O10P/c1-22(2)28(35-27(38)11-13-43-15-17-45-18-16-44-14-12-32-36-31)30(40)33-24(4)29(39)34-26-9-7-25(8-10-26)21-46-47(41,42)19-5-6-23(3)20-37/h6-10,22,24,28,37H,5,11-21H2,1-4H3,(H,33,40)(H,34,39)(H,35,38)(H,41,42)/b23-6+/t24-,28-/m0/s1. The molecule has 3 atom stereocenters. The van der Waals surface area contributed by atoms with Crippen molar-refractivity contribution < 1.29 is 47.7 Å². The van der Waals surface area contributed by atoms with Crippen LogP contribution in [0.4, 0.5) is 5.69 Å². The van der Waals surface area contributed by atoms with Crippen molar-refractivity contribution in [2.75, 3.05) is 64.3 Å². The maximum atomic E-state index is 12.9. The van der Waals surface area contributed by atoms with Gasteiger partial charge < -0.3 is 44.7 Å². The number of amides is 3. The van der Waals surface area contributed by atoms with Crippen LogP contribution in [0.2, 0.25) is 0 Å². The van der Waals surface area contributed by atoms with Crippen LogP contribution in [0.1, 0.15) is 46.1 Å². The van der Waals surface area contributed by atoms with Gasteiger partial charge in [0.2, 0.25) is 17.7 Å². The predicted molar refractivity (Wildman–Crippen MR) is 175 cm³/mol. The summed E-state index contributed by atoms with van der Waals surface area (Å²) in [6.45, 7) is 8.61. The van der Waals surface area contributed by atoms with Crippen LogP contribution in [0.5, 0.6) is 0 Å². The topological polar surface area (TPSA) is 231 Å². The Morgan fingerprint density at radius 1 is 0.979 bits per heavy atom. The molecule has 0 saturated heterocycles. The molecule has 0 bridgehead atoms. The van der Waals surface area contributed by atoms with Crippen molar-refractivity contribution in [3.05, 3.63) is 51.9 Å². The van der Waals surface area contributed by atoms with Crippen LogP contribution >= 0.6 is 7.60 Å². The highest BCUT2D eigenvalue weighted by molar-refractivity contribution is 7.52. The third-order valence-corrected chi connectivity index (χ3v) is 7.80. The van der Waals surface area contributed by atoms with Gasteiger partial charge in [-0.1, -0.05) is 42.7 Å². The van der Waals surface area contributed by atoms with E-state index in [9.17, 15) is 23.8 Å². The monoisotopic (exact) mass is 684 g/mol. The van der Waals surface area contributed by atoms with Crippen molar-refractivity contribution >= 4 is 31.0 Å². The molecule has 0 aliphatic rings. The number of hydrogen-bond acceptors (Lipinski definition) is 10. The summed E-state index contributed by atoms with van der Waals surface area (Å²) in [5.41, 5.74) is 9.96. The zero-order valence-corrected chi connectivity index (χ0v) is 28.4. The second-order valence-electron chi connectivity index (χ2n) is 10.9. The summed E-state index contributed by atoms with van der Waals surface area (Å²) >= 11 is 0. The molecule has 0 radical (unpaired) electrons. The number of ether oxygens (including phenoxy) is 3. The van der Waals surface area contributed by atoms with Gasteiger partial charge in [-0.15, -0.1) is 0 Å². The number of azide groups is 1. The summed E-state index contributed by atoms with van der Waals surface area (Å²) < 4.78 is 33.4. The van der Waals surface area contributed by atoms with E-state index in [0.717, 1.165) is 0 Å². The van der Waals surface area contributed by atoms with Gasteiger partial charge in [0.05, 0.1) is 59.0 Å². The highest BCUT2D eigenvalue weighted by atomic mass is 31.2. The highest BCUT2D eigenvalue weighted by Gasteiger charge is 2.27. The molecule has 0 aliphatic carbocycles. The molecule has 0 saturated carbocycles. The zero-order valence-electron chi connectivity index (χ0n) is 27.6. The fraction of sp³-hybridized carbons (Fsp3) is 0.633. The van der Waals surface area contributed by atoms with Gasteiger partial charge in [-0.2, -0.15) is 0 Å². The first-order chi connectivity index (χ1) is 22.4. The quantitative estimate of drug-likeness (QED) is 0.0252. The molecule has 16 nitrogen and oxygen atoms in total. The number of benzene rings is 1. The van der Waals surface area contributed by atoms with E-state index in [1.54, 1.807) is 51.1 Å². The molecule has 5 N–H and O–H groups in total. The van der Waals surface area contributed by atoms with Crippen molar-refractivity contribution in [1.29, 1.82) is 0 Å². The molecule has 1 unspecified atom stereocenters. The minimum absolute atomic E-state index is 0.0353. The second kappa shape index (κ2) is 23.9. The Morgan fingerprint density at radius 3 is 2.19 bits per heavy atom. The van der Waals surface area contributed by atoms with Gasteiger partial charge in [0, 0.05) is 23.6 Å². The number of allylic oxidation sites excluding steroid dienone is 1. The molecule has 17 heteroatoms. The number of anilines is 1. The molecule has 1 rings (SSSR count). The van der Waals surface area contributed by atoms with Gasteiger partial charge in [0.15, 0.2) is 0 Å². The van der Waals surface area contributed by atoms with E-state index in [2.05, 4.69) is 26.0 Å². The summed E-state index contributed by atoms with van der Waals surface area (Å²) in [6, 6.07) is 4.73. The average Bonchev–Trinajstić information content (AvgIpc) is 3.03. The average molecular weight is 685 g/mol. The summed E-state index contributed by atoms with van der Waals surface area (Å²) in [5, 5.41) is 20.4. The van der Waals surface area contributed by atoms with E-state index >= 15 is 0 Å². The summed E-state index contributed by atoms with van der Waals surface area (Å²) in [4.78, 5) is 50.7. The second-order valence-corrected chi connectivity index (χ2v) is 12.9.